The van der Waals surface area contributed by atoms with Crippen LogP contribution >= 0.6 is 0 Å². The molecule has 3 N–H and O–H groups in total. The van der Waals surface area contributed by atoms with Crippen molar-refractivity contribution in [2.24, 2.45) is 0 Å². The molecule has 1 unspecified atom stereocenters. The number of hydrogen-bond acceptors (Lipinski definition) is 2. The largest absolute Gasteiger partial charge is 0.326 e. The van der Waals surface area contributed by atoms with Crippen molar-refractivity contribution in [1.82, 2.24) is 0 Å². The Bertz CT molecular complexity index is 3100. The van der Waals surface area contributed by atoms with E-state index in [1.165, 1.54) is 118 Å². The van der Waals surface area contributed by atoms with Crippen molar-refractivity contribution >= 4 is 29.0 Å². The van der Waals surface area contributed by atoms with Crippen LogP contribution in [0.3, 0.4) is 0 Å². The molecule has 72 heavy (non-hydrogen) atoms. The van der Waals surface area contributed by atoms with Crippen LogP contribution in [0.2, 0.25) is 0 Å². The molecule has 5 heteroatoms. The van der Waals surface area contributed by atoms with E-state index in [4.69, 9.17) is 0 Å². The van der Waals surface area contributed by atoms with Gasteiger partial charge in [0.25, 0.3) is 0 Å². The Morgan fingerprint density at radius 2 is 0.847 bits per heavy atom. The summed E-state index contributed by atoms with van der Waals surface area (Å²) in [5.74, 6) is -0.0570. The standard InChI is InChI=1S/C67H67N3O2/c1-5-7-9-17-39-66(40-18-10-8-6-2)60-41-46(3)23-35-56(60)57-37-25-49(44-61(57)66)50-26-38-59-58-36-24-47(4)42-62(58)67(63(59)45-50,51-27-31-54(32-28-51)68-64(71)43-48-19-13-11-14-20-48)52-29-33-55(34-30-52)70-65(72)69-53-21-15-12-16-22-53/h11-16,19-38,41-42,44-45H,5-10,17-18,39-40,43H2,1-4H3,(H,68,71)(H2,69,70,72). The van der Waals surface area contributed by atoms with Crippen molar-refractivity contribution < 1.29 is 9.59 Å². The summed E-state index contributed by atoms with van der Waals surface area (Å²) >= 11 is 0. The maximum absolute atomic E-state index is 13.4. The highest BCUT2D eigenvalue weighted by Crippen LogP contribution is 2.59. The number of para-hydroxylation sites is 1. The predicted octanol–water partition coefficient (Wildman–Crippen LogP) is 17.4. The fourth-order valence-electron chi connectivity index (χ4n) is 12.0. The van der Waals surface area contributed by atoms with Gasteiger partial charge in [0.2, 0.25) is 5.91 Å². The van der Waals surface area contributed by atoms with Gasteiger partial charge in [0, 0.05) is 22.5 Å². The number of fused-ring (bicyclic) bond motifs is 6. The van der Waals surface area contributed by atoms with Gasteiger partial charge in [-0.25, -0.2) is 4.79 Å². The second-order valence-corrected chi connectivity index (χ2v) is 20.4. The lowest BCUT2D eigenvalue weighted by atomic mass is 9.67. The van der Waals surface area contributed by atoms with Gasteiger partial charge in [-0.3, -0.25) is 4.79 Å². The lowest BCUT2D eigenvalue weighted by Crippen LogP contribution is -2.29. The van der Waals surface area contributed by atoms with E-state index in [9.17, 15) is 9.59 Å². The first-order valence-corrected chi connectivity index (χ1v) is 26.4. The number of unbranched alkanes of at least 4 members (excludes halogenated alkanes) is 6. The number of anilines is 3. The highest BCUT2D eigenvalue weighted by atomic mass is 16.2. The van der Waals surface area contributed by atoms with Crippen LogP contribution in [0, 0.1) is 13.8 Å². The predicted molar refractivity (Wildman–Crippen MR) is 300 cm³/mol. The third kappa shape index (κ3) is 9.41. The van der Waals surface area contributed by atoms with Crippen LogP contribution < -0.4 is 16.0 Å². The molecule has 0 spiro atoms. The molecule has 0 aliphatic heterocycles. The van der Waals surface area contributed by atoms with Gasteiger partial charge in [0.05, 0.1) is 11.8 Å². The Balaban J connectivity index is 1.10. The lowest BCUT2D eigenvalue weighted by Gasteiger charge is -2.35. The van der Waals surface area contributed by atoms with E-state index in [1.807, 2.05) is 84.9 Å². The van der Waals surface area contributed by atoms with Crippen molar-refractivity contribution in [2.45, 2.75) is 109 Å². The quantitative estimate of drug-likeness (QED) is 0.0750. The van der Waals surface area contributed by atoms with Crippen LogP contribution in [0.4, 0.5) is 21.9 Å². The third-order valence-electron chi connectivity index (χ3n) is 15.5. The lowest BCUT2D eigenvalue weighted by molar-refractivity contribution is -0.115. The number of rotatable bonds is 18. The number of urea groups is 1. The molecule has 0 heterocycles. The highest BCUT2D eigenvalue weighted by molar-refractivity contribution is 6.00. The average molecular weight is 946 g/mol. The summed E-state index contributed by atoms with van der Waals surface area (Å²) in [6, 6.07) is 64.4. The number of carbonyl (C=O) groups excluding carboxylic acids is 2. The average Bonchev–Trinajstić information content (AvgIpc) is 3.83. The van der Waals surface area contributed by atoms with Gasteiger partial charge >= 0.3 is 6.03 Å². The van der Waals surface area contributed by atoms with E-state index in [2.05, 4.69) is 141 Å². The molecule has 10 rings (SSSR count). The molecule has 5 nitrogen and oxygen atoms in total. The Hall–Kier alpha value is -7.50. The van der Waals surface area contributed by atoms with E-state index >= 15 is 0 Å². The first-order valence-electron chi connectivity index (χ1n) is 26.4. The number of hydrogen-bond donors (Lipinski definition) is 3. The van der Waals surface area contributed by atoms with Crippen molar-refractivity contribution in [3.05, 3.63) is 232 Å². The fourth-order valence-corrected chi connectivity index (χ4v) is 12.0. The van der Waals surface area contributed by atoms with Gasteiger partial charge in [-0.2, -0.15) is 0 Å². The molecule has 362 valence electrons. The number of carbonyl (C=O) groups is 2. The van der Waals surface area contributed by atoms with Gasteiger partial charge in [-0.1, -0.05) is 210 Å². The Morgan fingerprint density at radius 3 is 1.39 bits per heavy atom. The van der Waals surface area contributed by atoms with Gasteiger partial charge < -0.3 is 16.0 Å². The van der Waals surface area contributed by atoms with Crippen molar-refractivity contribution in [3.63, 3.8) is 0 Å². The summed E-state index contributed by atoms with van der Waals surface area (Å²) in [6.07, 6.45) is 12.6. The molecular formula is C67H67N3O2. The summed E-state index contributed by atoms with van der Waals surface area (Å²) in [5, 5.41) is 9.19. The molecular weight excluding hydrogens is 879 g/mol. The maximum Gasteiger partial charge on any atom is 0.323 e. The highest BCUT2D eigenvalue weighted by Gasteiger charge is 2.47. The fraction of sp³-hybridized carbons (Fsp3) is 0.254. The molecule has 8 aromatic rings. The second-order valence-electron chi connectivity index (χ2n) is 20.4. The smallest absolute Gasteiger partial charge is 0.323 e. The molecule has 0 saturated heterocycles. The first-order chi connectivity index (χ1) is 35.2. The van der Waals surface area contributed by atoms with E-state index in [1.54, 1.807) is 0 Å². The van der Waals surface area contributed by atoms with Crippen molar-refractivity contribution in [2.75, 3.05) is 16.0 Å². The minimum absolute atomic E-state index is 0.0333. The summed E-state index contributed by atoms with van der Waals surface area (Å²) in [7, 11) is 0. The van der Waals surface area contributed by atoms with Gasteiger partial charge in [0.1, 0.15) is 0 Å². The van der Waals surface area contributed by atoms with Crippen molar-refractivity contribution in [3.8, 4) is 33.4 Å². The maximum atomic E-state index is 13.4. The normalized spacial score (nSPS) is 14.7. The van der Waals surface area contributed by atoms with Gasteiger partial charge in [-0.05, 0) is 148 Å². The number of aryl methyl sites for hydroxylation is 2. The SMILES string of the molecule is CCCCCCC1(CCCCCC)c2cc(C)ccc2-c2ccc(-c3ccc4c(c3)C(c3ccc(NC(=O)Cc5ccccc5)cc3)(c3ccc(NC(=O)Nc5ccccc5)cc3)c3cc(C)ccc3-4)cc21. The van der Waals surface area contributed by atoms with Crippen LogP contribution in [-0.4, -0.2) is 11.9 Å². The Labute approximate surface area is 427 Å². The molecule has 2 aliphatic carbocycles. The summed E-state index contributed by atoms with van der Waals surface area (Å²) in [6.45, 7) is 9.05. The topological polar surface area (TPSA) is 70.2 Å². The van der Waals surface area contributed by atoms with E-state index in [-0.39, 0.29) is 17.4 Å². The number of nitrogens with one attached hydrogen (secondary N) is 3. The number of amides is 3. The molecule has 3 amide bonds. The number of benzene rings is 8. The van der Waals surface area contributed by atoms with Crippen LogP contribution in [0.5, 0.6) is 0 Å². The summed E-state index contributed by atoms with van der Waals surface area (Å²) in [4.78, 5) is 26.6. The minimum atomic E-state index is -0.739. The van der Waals surface area contributed by atoms with Crippen LogP contribution in [0.1, 0.15) is 128 Å². The van der Waals surface area contributed by atoms with Crippen LogP contribution in [-0.2, 0) is 22.0 Å². The second kappa shape index (κ2) is 21.1. The third-order valence-corrected chi connectivity index (χ3v) is 15.5. The Kier molecular flexibility index (Phi) is 14.1. The monoisotopic (exact) mass is 946 g/mol. The van der Waals surface area contributed by atoms with Crippen LogP contribution in [0.25, 0.3) is 33.4 Å². The Morgan fingerprint density at radius 1 is 0.417 bits per heavy atom. The van der Waals surface area contributed by atoms with Crippen molar-refractivity contribution in [1.29, 1.82) is 0 Å². The minimum Gasteiger partial charge on any atom is -0.326 e. The summed E-state index contributed by atoms with van der Waals surface area (Å²) < 4.78 is 0. The van der Waals surface area contributed by atoms with E-state index in [0.29, 0.717) is 12.1 Å². The molecule has 0 bridgehead atoms. The molecule has 2 aliphatic rings. The van der Waals surface area contributed by atoms with E-state index < -0.39 is 5.41 Å². The molecule has 1 atom stereocenters. The van der Waals surface area contributed by atoms with Crippen LogP contribution in [0.15, 0.2) is 182 Å². The molecule has 8 aromatic carbocycles. The van der Waals surface area contributed by atoms with Gasteiger partial charge in [-0.15, -0.1) is 0 Å². The van der Waals surface area contributed by atoms with E-state index in [0.717, 1.165) is 40.9 Å². The zero-order valence-corrected chi connectivity index (χ0v) is 42.4. The zero-order valence-electron chi connectivity index (χ0n) is 42.4. The molecule has 0 saturated carbocycles. The molecule has 0 radical (unpaired) electrons. The summed E-state index contributed by atoms with van der Waals surface area (Å²) in [5.41, 5.74) is 20.1. The zero-order chi connectivity index (χ0) is 49.7. The van der Waals surface area contributed by atoms with Gasteiger partial charge in [0.15, 0.2) is 0 Å². The molecule has 0 aromatic heterocycles. The molecule has 0 fully saturated rings. The first kappa shape index (κ1) is 48.1.